The van der Waals surface area contributed by atoms with Gasteiger partial charge in [0.2, 0.25) is 0 Å². The third-order valence-corrected chi connectivity index (χ3v) is 2.48. The molecule has 0 fully saturated rings. The smallest absolute Gasteiger partial charge is 0.339 e. The van der Waals surface area contributed by atoms with E-state index in [2.05, 4.69) is 0 Å². The Morgan fingerprint density at radius 3 is 2.22 bits per heavy atom. The molecule has 0 atom stereocenters. The molecule has 3 N–H and O–H groups in total. The fourth-order valence-corrected chi connectivity index (χ4v) is 1.76. The Bertz CT molecular complexity index is 449. The van der Waals surface area contributed by atoms with E-state index >= 15 is 0 Å². The molecule has 5 heteroatoms. The van der Waals surface area contributed by atoms with E-state index in [4.69, 9.17) is 20.3 Å². The number of nitrogens with two attached hydrogens (primary N) is 1. The van der Waals surface area contributed by atoms with Crippen LogP contribution in [0.2, 0.25) is 0 Å². The van der Waals surface area contributed by atoms with Gasteiger partial charge in [-0.05, 0) is 31.9 Å². The highest BCUT2D eigenvalue weighted by Gasteiger charge is 2.20. The minimum atomic E-state index is -1.04. The second kappa shape index (κ2) is 5.27. The number of hydrogen-bond acceptors (Lipinski definition) is 4. The van der Waals surface area contributed by atoms with E-state index in [0.717, 1.165) is 5.56 Å². The van der Waals surface area contributed by atoms with Gasteiger partial charge in [-0.2, -0.15) is 0 Å². The van der Waals surface area contributed by atoms with E-state index in [0.29, 0.717) is 12.2 Å². The molecule has 100 valence electrons. The number of hydrogen-bond donors (Lipinski definition) is 2. The van der Waals surface area contributed by atoms with Crippen molar-refractivity contribution < 1.29 is 19.4 Å². The lowest BCUT2D eigenvalue weighted by molar-refractivity contribution is 0.0693. The Hall–Kier alpha value is -1.75. The summed E-state index contributed by atoms with van der Waals surface area (Å²) in [6.45, 7) is 3.74. The van der Waals surface area contributed by atoms with E-state index < -0.39 is 11.5 Å². The molecule has 5 nitrogen and oxygen atoms in total. The van der Waals surface area contributed by atoms with Crippen molar-refractivity contribution in [1.82, 2.24) is 0 Å². The highest BCUT2D eigenvalue weighted by molar-refractivity contribution is 5.91. The zero-order chi connectivity index (χ0) is 13.9. The van der Waals surface area contributed by atoms with Gasteiger partial charge in [0, 0.05) is 11.6 Å². The van der Waals surface area contributed by atoms with Gasteiger partial charge in [-0.15, -0.1) is 0 Å². The van der Waals surface area contributed by atoms with Crippen molar-refractivity contribution in [1.29, 1.82) is 0 Å². The molecule has 0 aliphatic heterocycles. The SMILES string of the molecule is COc1cc(OC)c(C(=O)O)cc1CC(C)(C)N. The summed E-state index contributed by atoms with van der Waals surface area (Å²) >= 11 is 0. The van der Waals surface area contributed by atoms with Crippen LogP contribution < -0.4 is 15.2 Å². The Labute approximate surface area is 107 Å². The number of methoxy groups -OCH3 is 2. The quantitative estimate of drug-likeness (QED) is 0.834. The van der Waals surface area contributed by atoms with Gasteiger partial charge in [0.15, 0.2) is 0 Å². The Kier molecular flexibility index (Phi) is 4.19. The molecule has 0 aliphatic carbocycles. The molecule has 0 aliphatic rings. The second-order valence-corrected chi connectivity index (χ2v) is 4.83. The first kappa shape index (κ1) is 14.3. The number of rotatable bonds is 5. The van der Waals surface area contributed by atoms with Crippen molar-refractivity contribution >= 4 is 5.97 Å². The molecular weight excluding hydrogens is 234 g/mol. The van der Waals surface area contributed by atoms with E-state index in [1.165, 1.54) is 14.2 Å². The molecule has 0 spiro atoms. The molecule has 0 amide bonds. The monoisotopic (exact) mass is 253 g/mol. The van der Waals surface area contributed by atoms with Crippen LogP contribution in [0.25, 0.3) is 0 Å². The van der Waals surface area contributed by atoms with Gasteiger partial charge in [0.05, 0.1) is 14.2 Å². The molecule has 0 radical (unpaired) electrons. The lowest BCUT2D eigenvalue weighted by atomic mass is 9.94. The van der Waals surface area contributed by atoms with Gasteiger partial charge in [0.25, 0.3) is 0 Å². The molecule has 1 aromatic carbocycles. The maximum atomic E-state index is 11.1. The van der Waals surface area contributed by atoms with Crippen molar-refractivity contribution in [3.05, 3.63) is 23.3 Å². The van der Waals surface area contributed by atoms with Gasteiger partial charge in [-0.25, -0.2) is 4.79 Å². The Morgan fingerprint density at radius 2 is 1.83 bits per heavy atom. The van der Waals surface area contributed by atoms with Gasteiger partial charge in [-0.3, -0.25) is 0 Å². The third-order valence-electron chi connectivity index (χ3n) is 2.48. The average molecular weight is 253 g/mol. The van der Waals surface area contributed by atoms with E-state index in [-0.39, 0.29) is 11.3 Å². The van der Waals surface area contributed by atoms with Crippen LogP contribution in [-0.4, -0.2) is 30.8 Å². The number of carbonyl (C=O) groups is 1. The topological polar surface area (TPSA) is 81.8 Å². The largest absolute Gasteiger partial charge is 0.496 e. The maximum absolute atomic E-state index is 11.1. The van der Waals surface area contributed by atoms with Crippen LogP contribution in [-0.2, 0) is 6.42 Å². The predicted octanol–water partition coefficient (Wildman–Crippen LogP) is 1.68. The summed E-state index contributed by atoms with van der Waals surface area (Å²) in [5.74, 6) is -0.182. The number of aromatic carboxylic acids is 1. The second-order valence-electron chi connectivity index (χ2n) is 4.83. The molecular formula is C13H19NO4. The summed E-state index contributed by atoms with van der Waals surface area (Å²) in [6.07, 6.45) is 0.514. The Balaban J connectivity index is 3.32. The van der Waals surface area contributed by atoms with Crippen LogP contribution in [0.1, 0.15) is 29.8 Å². The van der Waals surface area contributed by atoms with E-state index in [1.54, 1.807) is 12.1 Å². The van der Waals surface area contributed by atoms with Crippen LogP contribution in [0.5, 0.6) is 11.5 Å². The molecule has 18 heavy (non-hydrogen) atoms. The van der Waals surface area contributed by atoms with Gasteiger partial charge < -0.3 is 20.3 Å². The summed E-state index contributed by atoms with van der Waals surface area (Å²) in [7, 11) is 2.95. The zero-order valence-electron chi connectivity index (χ0n) is 11.1. The fraction of sp³-hybridized carbons (Fsp3) is 0.462. The standard InChI is InChI=1S/C13H19NO4/c1-13(2,14)7-8-5-9(12(15)16)11(18-4)6-10(8)17-3/h5-6H,7,14H2,1-4H3,(H,15,16). The molecule has 1 rings (SSSR count). The summed E-state index contributed by atoms with van der Waals surface area (Å²) in [5, 5.41) is 9.13. The molecule has 0 saturated carbocycles. The van der Waals surface area contributed by atoms with Gasteiger partial charge >= 0.3 is 5.97 Å². The minimum Gasteiger partial charge on any atom is -0.496 e. The first-order valence-electron chi connectivity index (χ1n) is 5.55. The minimum absolute atomic E-state index is 0.109. The number of carboxylic acids is 1. The van der Waals surface area contributed by atoms with Crippen molar-refractivity contribution in [2.24, 2.45) is 5.73 Å². The summed E-state index contributed by atoms with van der Waals surface area (Å²) in [6, 6.07) is 3.12. The van der Waals surface area contributed by atoms with Crippen molar-refractivity contribution in [3.8, 4) is 11.5 Å². The van der Waals surface area contributed by atoms with Crippen LogP contribution in [0.3, 0.4) is 0 Å². The first-order valence-corrected chi connectivity index (χ1v) is 5.55. The number of ether oxygens (including phenoxy) is 2. The van der Waals surface area contributed by atoms with Gasteiger partial charge in [0.1, 0.15) is 17.1 Å². The number of carboxylic acid groups (broad SMARTS) is 1. The third kappa shape index (κ3) is 3.37. The van der Waals surface area contributed by atoms with Crippen molar-refractivity contribution in [2.45, 2.75) is 25.8 Å². The summed E-state index contributed by atoms with van der Waals surface area (Å²) < 4.78 is 10.3. The molecule has 0 saturated heterocycles. The van der Waals surface area contributed by atoms with E-state index in [1.807, 2.05) is 13.8 Å². The summed E-state index contributed by atoms with van der Waals surface area (Å²) in [4.78, 5) is 11.1. The van der Waals surface area contributed by atoms with E-state index in [9.17, 15) is 4.79 Å². The van der Waals surface area contributed by atoms with Gasteiger partial charge in [-0.1, -0.05) is 0 Å². The molecule has 0 heterocycles. The zero-order valence-corrected chi connectivity index (χ0v) is 11.1. The average Bonchev–Trinajstić information content (AvgIpc) is 2.26. The maximum Gasteiger partial charge on any atom is 0.339 e. The van der Waals surface area contributed by atoms with Crippen molar-refractivity contribution in [2.75, 3.05) is 14.2 Å². The molecule has 1 aromatic rings. The normalized spacial score (nSPS) is 11.2. The lowest BCUT2D eigenvalue weighted by Gasteiger charge is -2.21. The number of benzene rings is 1. The van der Waals surface area contributed by atoms with Crippen LogP contribution >= 0.6 is 0 Å². The molecule has 0 aromatic heterocycles. The highest BCUT2D eigenvalue weighted by atomic mass is 16.5. The fourth-order valence-electron chi connectivity index (χ4n) is 1.76. The molecule has 0 bridgehead atoms. The Morgan fingerprint density at radius 1 is 1.28 bits per heavy atom. The van der Waals surface area contributed by atoms with Crippen molar-refractivity contribution in [3.63, 3.8) is 0 Å². The lowest BCUT2D eigenvalue weighted by Crippen LogP contribution is -2.34. The molecule has 0 unspecified atom stereocenters. The van der Waals surface area contributed by atoms with Crippen LogP contribution in [0, 0.1) is 0 Å². The van der Waals surface area contributed by atoms with Crippen LogP contribution in [0.4, 0.5) is 0 Å². The van der Waals surface area contributed by atoms with Crippen LogP contribution in [0.15, 0.2) is 12.1 Å². The summed E-state index contributed by atoms with van der Waals surface area (Å²) in [5.41, 5.74) is 6.37. The first-order chi connectivity index (χ1) is 8.28. The highest BCUT2D eigenvalue weighted by Crippen LogP contribution is 2.31. The predicted molar refractivity (Wildman–Crippen MR) is 68.5 cm³/mol.